The van der Waals surface area contributed by atoms with E-state index in [9.17, 15) is 9.59 Å². The SMILES string of the molecule is O=C(OCCc1cnc(=O)[nH]c1)C12CC3CC(C1)CC(c1ccccc1)(C3)C2. The second-order valence-corrected chi connectivity index (χ2v) is 9.20. The van der Waals surface area contributed by atoms with E-state index < -0.39 is 0 Å². The van der Waals surface area contributed by atoms with Gasteiger partial charge in [-0.2, -0.15) is 0 Å². The van der Waals surface area contributed by atoms with Crippen LogP contribution in [0, 0.1) is 17.3 Å². The number of benzene rings is 1. The van der Waals surface area contributed by atoms with E-state index in [1.807, 2.05) is 0 Å². The molecule has 146 valence electrons. The van der Waals surface area contributed by atoms with Crippen molar-refractivity contribution < 1.29 is 9.53 Å². The first-order valence-electron chi connectivity index (χ1n) is 10.3. The number of aromatic nitrogens is 2. The first kappa shape index (κ1) is 17.7. The summed E-state index contributed by atoms with van der Waals surface area (Å²) < 4.78 is 5.78. The molecule has 5 nitrogen and oxygen atoms in total. The largest absolute Gasteiger partial charge is 0.465 e. The number of nitrogens with zero attached hydrogens (tertiary/aromatic N) is 1. The first-order chi connectivity index (χ1) is 13.6. The molecule has 4 fully saturated rings. The van der Waals surface area contributed by atoms with Crippen LogP contribution >= 0.6 is 0 Å². The number of carbonyl (C=O) groups is 1. The molecule has 6 rings (SSSR count). The van der Waals surface area contributed by atoms with E-state index in [2.05, 4.69) is 40.3 Å². The maximum atomic E-state index is 13.2. The number of nitrogens with one attached hydrogen (secondary N) is 1. The third-order valence-electron chi connectivity index (χ3n) is 7.23. The van der Waals surface area contributed by atoms with Gasteiger partial charge >= 0.3 is 11.7 Å². The second kappa shape index (κ2) is 6.57. The molecule has 4 aliphatic carbocycles. The number of hydrogen-bond acceptors (Lipinski definition) is 4. The summed E-state index contributed by atoms with van der Waals surface area (Å²) in [6.45, 7) is 0.335. The molecule has 0 aliphatic heterocycles. The average Bonchev–Trinajstić information content (AvgIpc) is 2.69. The molecule has 0 amide bonds. The van der Waals surface area contributed by atoms with Crippen LogP contribution in [-0.4, -0.2) is 22.5 Å². The van der Waals surface area contributed by atoms with Crippen molar-refractivity contribution in [1.29, 1.82) is 0 Å². The predicted octanol–water partition coefficient (Wildman–Crippen LogP) is 3.39. The fourth-order valence-corrected chi connectivity index (χ4v) is 6.55. The van der Waals surface area contributed by atoms with Crippen LogP contribution in [-0.2, 0) is 21.4 Å². The van der Waals surface area contributed by atoms with Gasteiger partial charge in [0.15, 0.2) is 0 Å². The first-order valence-corrected chi connectivity index (χ1v) is 10.3. The zero-order valence-corrected chi connectivity index (χ0v) is 16.0. The van der Waals surface area contributed by atoms with Gasteiger partial charge < -0.3 is 9.72 Å². The highest BCUT2D eigenvalue weighted by molar-refractivity contribution is 5.78. The summed E-state index contributed by atoms with van der Waals surface area (Å²) in [5, 5.41) is 0. The van der Waals surface area contributed by atoms with Crippen LogP contribution in [0.2, 0.25) is 0 Å². The molecule has 2 aromatic rings. The van der Waals surface area contributed by atoms with Crippen LogP contribution in [0.25, 0.3) is 0 Å². The number of aromatic amines is 1. The smallest absolute Gasteiger partial charge is 0.344 e. The monoisotopic (exact) mass is 378 g/mol. The summed E-state index contributed by atoms with van der Waals surface area (Å²) >= 11 is 0. The standard InChI is InChI=1S/C23H26N2O3/c26-20(28-7-6-16-13-24-21(27)25-14-16)23-11-17-8-18(12-23)10-22(9-17,15-23)19-4-2-1-3-5-19/h1-5,13-14,17-18H,6-12,15H2,(H,24,25,27). The lowest BCUT2D eigenvalue weighted by Crippen LogP contribution is -2.57. The number of carbonyl (C=O) groups excluding carboxylic acids is 1. The summed E-state index contributed by atoms with van der Waals surface area (Å²) in [6, 6.07) is 10.8. The van der Waals surface area contributed by atoms with Gasteiger partial charge in [0.05, 0.1) is 12.0 Å². The highest BCUT2D eigenvalue weighted by Gasteiger charge is 2.61. The zero-order valence-electron chi connectivity index (χ0n) is 16.0. The lowest BCUT2D eigenvalue weighted by Gasteiger charge is -2.61. The van der Waals surface area contributed by atoms with E-state index in [0.29, 0.717) is 24.9 Å². The topological polar surface area (TPSA) is 72.0 Å². The Balaban J connectivity index is 1.32. The third kappa shape index (κ3) is 2.97. The van der Waals surface area contributed by atoms with Gasteiger partial charge in [-0.1, -0.05) is 30.3 Å². The van der Waals surface area contributed by atoms with Gasteiger partial charge in [0, 0.05) is 18.8 Å². The van der Waals surface area contributed by atoms with Gasteiger partial charge in [-0.25, -0.2) is 9.78 Å². The molecule has 4 bridgehead atoms. The normalized spacial score (nSPS) is 33.0. The zero-order chi connectivity index (χ0) is 19.2. The summed E-state index contributed by atoms with van der Waals surface area (Å²) in [6.07, 6.45) is 10.3. The van der Waals surface area contributed by atoms with E-state index in [-0.39, 0.29) is 22.5 Å². The molecule has 1 N–H and O–H groups in total. The van der Waals surface area contributed by atoms with Crippen molar-refractivity contribution in [1.82, 2.24) is 9.97 Å². The molecule has 28 heavy (non-hydrogen) atoms. The molecular formula is C23H26N2O3. The molecule has 0 spiro atoms. The predicted molar refractivity (Wildman–Crippen MR) is 105 cm³/mol. The van der Waals surface area contributed by atoms with Gasteiger partial charge in [-0.15, -0.1) is 0 Å². The molecule has 5 heteroatoms. The van der Waals surface area contributed by atoms with E-state index in [0.717, 1.165) is 24.8 Å². The number of rotatable bonds is 5. The molecule has 1 aromatic heterocycles. The van der Waals surface area contributed by atoms with Gasteiger partial charge in [-0.3, -0.25) is 4.79 Å². The Labute approximate surface area is 164 Å². The van der Waals surface area contributed by atoms with E-state index in [4.69, 9.17) is 4.74 Å². The van der Waals surface area contributed by atoms with Crippen molar-refractivity contribution in [2.24, 2.45) is 17.3 Å². The van der Waals surface area contributed by atoms with E-state index in [1.54, 1.807) is 12.4 Å². The summed E-state index contributed by atoms with van der Waals surface area (Å²) in [4.78, 5) is 30.6. The van der Waals surface area contributed by atoms with Crippen LogP contribution in [0.3, 0.4) is 0 Å². The van der Waals surface area contributed by atoms with Gasteiger partial charge in [0.25, 0.3) is 0 Å². The summed E-state index contributed by atoms with van der Waals surface area (Å²) in [5.41, 5.74) is 1.75. The molecule has 1 aromatic carbocycles. The Morgan fingerprint density at radius 3 is 2.57 bits per heavy atom. The van der Waals surface area contributed by atoms with E-state index >= 15 is 0 Å². The summed E-state index contributed by atoms with van der Waals surface area (Å²) in [7, 11) is 0. The minimum atomic E-state index is -0.361. The quantitative estimate of drug-likeness (QED) is 0.810. The van der Waals surface area contributed by atoms with Crippen molar-refractivity contribution in [3.63, 3.8) is 0 Å². The second-order valence-electron chi connectivity index (χ2n) is 9.20. The maximum Gasteiger partial charge on any atom is 0.344 e. The number of ether oxygens (including phenoxy) is 1. The molecule has 2 unspecified atom stereocenters. The van der Waals surface area contributed by atoms with Crippen molar-refractivity contribution in [2.45, 2.75) is 50.4 Å². The lowest BCUT2D eigenvalue weighted by molar-refractivity contribution is -0.174. The van der Waals surface area contributed by atoms with Crippen LogP contribution in [0.15, 0.2) is 47.5 Å². The Morgan fingerprint density at radius 1 is 1.14 bits per heavy atom. The highest BCUT2D eigenvalue weighted by atomic mass is 16.5. The van der Waals surface area contributed by atoms with Crippen molar-refractivity contribution in [2.75, 3.05) is 6.61 Å². The molecular weight excluding hydrogens is 352 g/mol. The highest BCUT2D eigenvalue weighted by Crippen LogP contribution is 2.66. The Hall–Kier alpha value is -2.43. The Bertz CT molecular complexity index is 902. The third-order valence-corrected chi connectivity index (χ3v) is 7.23. The van der Waals surface area contributed by atoms with Crippen molar-refractivity contribution >= 4 is 5.97 Å². The Kier molecular flexibility index (Phi) is 4.14. The van der Waals surface area contributed by atoms with Crippen LogP contribution < -0.4 is 5.69 Å². The number of H-pyrrole nitrogens is 1. The molecule has 1 heterocycles. The average molecular weight is 378 g/mol. The number of hydrogen-bond donors (Lipinski definition) is 1. The molecule has 4 saturated carbocycles. The summed E-state index contributed by atoms with van der Waals surface area (Å²) in [5.74, 6) is 1.26. The van der Waals surface area contributed by atoms with Gasteiger partial charge in [-0.05, 0) is 66.9 Å². The Morgan fingerprint density at radius 2 is 1.89 bits per heavy atom. The van der Waals surface area contributed by atoms with Crippen LogP contribution in [0.1, 0.15) is 49.7 Å². The molecule has 2 atom stereocenters. The minimum absolute atomic E-state index is 0.0145. The van der Waals surface area contributed by atoms with Crippen LogP contribution in [0.4, 0.5) is 0 Å². The fraction of sp³-hybridized carbons (Fsp3) is 0.522. The van der Waals surface area contributed by atoms with Gasteiger partial charge in [0.2, 0.25) is 0 Å². The molecule has 0 saturated heterocycles. The van der Waals surface area contributed by atoms with Crippen molar-refractivity contribution in [3.8, 4) is 0 Å². The molecule has 4 aliphatic rings. The van der Waals surface area contributed by atoms with Crippen LogP contribution in [0.5, 0.6) is 0 Å². The van der Waals surface area contributed by atoms with E-state index in [1.165, 1.54) is 24.8 Å². The lowest BCUT2D eigenvalue weighted by atomic mass is 9.43. The number of esters is 1. The minimum Gasteiger partial charge on any atom is -0.465 e. The maximum absolute atomic E-state index is 13.2. The molecule has 0 radical (unpaired) electrons. The fourth-order valence-electron chi connectivity index (χ4n) is 6.55. The van der Waals surface area contributed by atoms with Gasteiger partial charge in [0.1, 0.15) is 0 Å². The van der Waals surface area contributed by atoms with Crippen molar-refractivity contribution in [3.05, 3.63) is 64.3 Å².